The summed E-state index contributed by atoms with van der Waals surface area (Å²) in [4.78, 5) is 14.4. The Morgan fingerprint density at radius 1 is 1.67 bits per heavy atom. The third-order valence-corrected chi connectivity index (χ3v) is 4.00. The number of carbonyl (C=O) groups excluding carboxylic acids is 1. The van der Waals surface area contributed by atoms with E-state index in [1.165, 1.54) is 4.88 Å². The fraction of sp³-hybridized carbons (Fsp3) is 0.500. The van der Waals surface area contributed by atoms with E-state index in [-0.39, 0.29) is 11.9 Å². The Hall–Kier alpha value is -0.390. The number of hydrogen-bond acceptors (Lipinski definition) is 3. The van der Waals surface area contributed by atoms with Gasteiger partial charge in [-0.2, -0.15) is 0 Å². The fourth-order valence-corrected chi connectivity index (χ4v) is 2.62. The molecule has 15 heavy (non-hydrogen) atoms. The van der Waals surface area contributed by atoms with Crippen molar-refractivity contribution < 1.29 is 4.79 Å². The van der Waals surface area contributed by atoms with Crippen LogP contribution in [0.2, 0.25) is 0 Å². The second-order valence-corrected chi connectivity index (χ2v) is 5.38. The molecule has 0 fully saturated rings. The van der Waals surface area contributed by atoms with Crippen LogP contribution in [0.3, 0.4) is 0 Å². The summed E-state index contributed by atoms with van der Waals surface area (Å²) in [5.74, 6) is 0.0997. The molecule has 5 heteroatoms. The molecule has 1 aromatic rings. The minimum Gasteiger partial charge on any atom is -0.347 e. The van der Waals surface area contributed by atoms with E-state index in [1.807, 2.05) is 18.4 Å². The van der Waals surface area contributed by atoms with Gasteiger partial charge in [0, 0.05) is 30.0 Å². The van der Waals surface area contributed by atoms with E-state index in [0.717, 1.165) is 11.0 Å². The molecule has 1 aromatic heterocycles. The lowest BCUT2D eigenvalue weighted by molar-refractivity contribution is -0.130. The van der Waals surface area contributed by atoms with E-state index >= 15 is 0 Å². The Balaban J connectivity index is 2.44. The molecule has 0 bridgehead atoms. The van der Waals surface area contributed by atoms with Crippen LogP contribution in [-0.2, 0) is 11.3 Å². The Morgan fingerprint density at radius 2 is 2.33 bits per heavy atom. The summed E-state index contributed by atoms with van der Waals surface area (Å²) in [5.41, 5.74) is 0. The van der Waals surface area contributed by atoms with Crippen molar-refractivity contribution in [1.29, 1.82) is 0 Å². The molecule has 1 rings (SSSR count). The van der Waals surface area contributed by atoms with Crippen molar-refractivity contribution in [3.8, 4) is 0 Å². The minimum absolute atomic E-state index is 0.0997. The van der Waals surface area contributed by atoms with Crippen LogP contribution >= 0.6 is 27.3 Å². The molecule has 1 N–H and O–H groups in total. The molecule has 3 nitrogen and oxygen atoms in total. The van der Waals surface area contributed by atoms with Gasteiger partial charge in [-0.15, -0.1) is 11.3 Å². The van der Waals surface area contributed by atoms with Crippen molar-refractivity contribution in [3.63, 3.8) is 0 Å². The highest BCUT2D eigenvalue weighted by Crippen LogP contribution is 2.22. The molecule has 1 atom stereocenters. The fourth-order valence-electron chi connectivity index (χ4n) is 1.17. The molecule has 0 aliphatic carbocycles. The van der Waals surface area contributed by atoms with Crippen molar-refractivity contribution in [2.75, 3.05) is 14.1 Å². The molecule has 0 aromatic carbocycles. The smallest absolute Gasteiger partial charge is 0.238 e. The monoisotopic (exact) mass is 290 g/mol. The van der Waals surface area contributed by atoms with E-state index in [0.29, 0.717) is 0 Å². The molecule has 0 saturated heterocycles. The van der Waals surface area contributed by atoms with Gasteiger partial charge in [0.2, 0.25) is 5.91 Å². The summed E-state index contributed by atoms with van der Waals surface area (Å²) in [6.07, 6.45) is 0. The number of hydrogen-bond donors (Lipinski definition) is 1. The zero-order valence-electron chi connectivity index (χ0n) is 9.08. The van der Waals surface area contributed by atoms with Crippen LogP contribution in [0.4, 0.5) is 0 Å². The molecule has 1 unspecified atom stereocenters. The van der Waals surface area contributed by atoms with Crippen molar-refractivity contribution in [1.82, 2.24) is 10.2 Å². The van der Waals surface area contributed by atoms with Gasteiger partial charge >= 0.3 is 0 Å². The summed E-state index contributed by atoms with van der Waals surface area (Å²) >= 11 is 5.13. The molecule has 1 heterocycles. The Labute approximate surface area is 103 Å². The van der Waals surface area contributed by atoms with Crippen LogP contribution in [0.25, 0.3) is 0 Å². The van der Waals surface area contributed by atoms with E-state index in [4.69, 9.17) is 0 Å². The predicted octanol–water partition coefficient (Wildman–Crippen LogP) is 2.08. The maximum atomic E-state index is 11.5. The second kappa shape index (κ2) is 5.63. The van der Waals surface area contributed by atoms with Crippen molar-refractivity contribution in [2.45, 2.75) is 19.5 Å². The van der Waals surface area contributed by atoms with E-state index < -0.39 is 0 Å². The Kier molecular flexibility index (Phi) is 4.76. The molecule has 0 spiro atoms. The average Bonchev–Trinajstić information content (AvgIpc) is 2.59. The first kappa shape index (κ1) is 12.7. The van der Waals surface area contributed by atoms with Crippen molar-refractivity contribution >= 4 is 33.2 Å². The normalized spacial score (nSPS) is 12.5. The van der Waals surface area contributed by atoms with Crippen molar-refractivity contribution in [2.24, 2.45) is 0 Å². The largest absolute Gasteiger partial charge is 0.347 e. The first-order valence-corrected chi connectivity index (χ1v) is 6.36. The standard InChI is InChI=1S/C10H15BrN2OS/c1-7(10(14)13(2)3)12-6-9-8(11)4-5-15-9/h4-5,7,12H,6H2,1-3H3. The number of carbonyl (C=O) groups is 1. The third kappa shape index (κ3) is 3.59. The van der Waals surface area contributed by atoms with Crippen LogP contribution in [0.15, 0.2) is 15.9 Å². The lowest BCUT2D eigenvalue weighted by atomic mass is 10.3. The predicted molar refractivity (Wildman–Crippen MR) is 67.0 cm³/mol. The molecule has 0 aliphatic rings. The van der Waals surface area contributed by atoms with Gasteiger partial charge in [-0.3, -0.25) is 4.79 Å². The maximum Gasteiger partial charge on any atom is 0.238 e. The van der Waals surface area contributed by atoms with E-state index in [2.05, 4.69) is 21.2 Å². The van der Waals surface area contributed by atoms with E-state index in [1.54, 1.807) is 30.3 Å². The second-order valence-electron chi connectivity index (χ2n) is 3.53. The number of rotatable bonds is 4. The van der Waals surface area contributed by atoms with Gasteiger partial charge in [0.25, 0.3) is 0 Å². The molecular weight excluding hydrogens is 276 g/mol. The lowest BCUT2D eigenvalue weighted by Gasteiger charge is -2.17. The number of likely N-dealkylation sites (N-methyl/N-ethyl adjacent to an activating group) is 1. The van der Waals surface area contributed by atoms with Crippen LogP contribution in [0.5, 0.6) is 0 Å². The number of amides is 1. The third-order valence-electron chi connectivity index (χ3n) is 2.07. The number of nitrogens with one attached hydrogen (secondary N) is 1. The van der Waals surface area contributed by atoms with Gasteiger partial charge in [0.1, 0.15) is 0 Å². The SMILES string of the molecule is CC(NCc1sccc1Br)C(=O)N(C)C. The van der Waals surface area contributed by atoms with Gasteiger partial charge in [-0.1, -0.05) is 0 Å². The summed E-state index contributed by atoms with van der Waals surface area (Å²) in [6, 6.07) is 1.87. The molecule has 0 radical (unpaired) electrons. The summed E-state index contributed by atoms with van der Waals surface area (Å²) < 4.78 is 1.10. The summed E-state index contributed by atoms with van der Waals surface area (Å²) in [7, 11) is 3.53. The topological polar surface area (TPSA) is 32.3 Å². The Morgan fingerprint density at radius 3 is 2.80 bits per heavy atom. The van der Waals surface area contributed by atoms with Crippen LogP contribution in [0.1, 0.15) is 11.8 Å². The first-order chi connectivity index (χ1) is 7.02. The zero-order chi connectivity index (χ0) is 11.4. The maximum absolute atomic E-state index is 11.5. The number of thiophene rings is 1. The van der Waals surface area contributed by atoms with Crippen molar-refractivity contribution in [3.05, 3.63) is 20.8 Å². The zero-order valence-corrected chi connectivity index (χ0v) is 11.5. The van der Waals surface area contributed by atoms with Gasteiger partial charge in [-0.25, -0.2) is 0 Å². The number of nitrogens with zero attached hydrogens (tertiary/aromatic N) is 1. The highest BCUT2D eigenvalue weighted by Gasteiger charge is 2.14. The minimum atomic E-state index is -0.144. The molecular formula is C10H15BrN2OS. The summed E-state index contributed by atoms with van der Waals surface area (Å²) in [5, 5.41) is 5.22. The molecule has 1 amide bonds. The van der Waals surface area contributed by atoms with Gasteiger partial charge in [-0.05, 0) is 34.3 Å². The lowest BCUT2D eigenvalue weighted by Crippen LogP contribution is -2.41. The first-order valence-electron chi connectivity index (χ1n) is 4.68. The Bertz CT molecular complexity index is 338. The molecule has 0 saturated carbocycles. The highest BCUT2D eigenvalue weighted by molar-refractivity contribution is 9.10. The van der Waals surface area contributed by atoms with Gasteiger partial charge in [0.15, 0.2) is 0 Å². The summed E-state index contributed by atoms with van der Waals surface area (Å²) in [6.45, 7) is 2.60. The number of halogens is 1. The van der Waals surface area contributed by atoms with Gasteiger partial charge < -0.3 is 10.2 Å². The highest BCUT2D eigenvalue weighted by atomic mass is 79.9. The average molecular weight is 291 g/mol. The molecule has 0 aliphatic heterocycles. The molecule has 84 valence electrons. The van der Waals surface area contributed by atoms with Crippen LogP contribution in [0, 0.1) is 0 Å². The van der Waals surface area contributed by atoms with Gasteiger partial charge in [0.05, 0.1) is 6.04 Å². The quantitative estimate of drug-likeness (QED) is 0.921. The van der Waals surface area contributed by atoms with Crippen LogP contribution in [-0.4, -0.2) is 30.9 Å². The van der Waals surface area contributed by atoms with Crippen LogP contribution < -0.4 is 5.32 Å². The van der Waals surface area contributed by atoms with E-state index in [9.17, 15) is 4.79 Å².